The molecule has 3 atom stereocenters. The highest BCUT2D eigenvalue weighted by atomic mass is 15.2. The minimum Gasteiger partial charge on any atom is -0.375 e. The van der Waals surface area contributed by atoms with Gasteiger partial charge in [-0.25, -0.2) is 0 Å². The van der Waals surface area contributed by atoms with Crippen LogP contribution in [-0.2, 0) is 6.42 Å². The van der Waals surface area contributed by atoms with Crippen molar-refractivity contribution >= 4 is 0 Å². The molecule has 2 fully saturated rings. The van der Waals surface area contributed by atoms with Gasteiger partial charge in [0.1, 0.15) is 0 Å². The standard InChI is InChI=1S/C33H47N/c1-8-16-29(9-2)24-33(28(6)34(7)27(5)31-19-14-11-15-20-31)26(4)23-32(33)25(3)21-22-30-17-12-10-13-18-30/h8-10,12-13,16-18,27,31-32H,3-4,6,11,14-15,19-24H2,1-2,5,7H3/b16-8-,29-9+. The molecule has 1 aromatic carbocycles. The first-order valence-corrected chi connectivity index (χ1v) is 13.4. The molecule has 0 aromatic heterocycles. The zero-order chi connectivity index (χ0) is 24.7. The molecule has 0 radical (unpaired) electrons. The lowest BCUT2D eigenvalue weighted by Gasteiger charge is -2.57. The van der Waals surface area contributed by atoms with Gasteiger partial charge in [0.15, 0.2) is 0 Å². The van der Waals surface area contributed by atoms with Crippen LogP contribution in [0.1, 0.15) is 77.7 Å². The zero-order valence-electron chi connectivity index (χ0n) is 22.3. The van der Waals surface area contributed by atoms with Gasteiger partial charge in [-0.1, -0.05) is 104 Å². The minimum absolute atomic E-state index is 0.132. The Morgan fingerprint density at radius 2 is 1.79 bits per heavy atom. The van der Waals surface area contributed by atoms with Crippen molar-refractivity contribution in [3.05, 3.63) is 96.3 Å². The number of hydrogen-bond acceptors (Lipinski definition) is 1. The number of nitrogens with zero attached hydrogens (tertiary/aromatic N) is 1. The second-order valence-electron chi connectivity index (χ2n) is 10.7. The fourth-order valence-electron chi connectivity index (χ4n) is 6.38. The van der Waals surface area contributed by atoms with Crippen molar-refractivity contribution in [1.82, 2.24) is 4.90 Å². The van der Waals surface area contributed by atoms with Gasteiger partial charge in [-0.2, -0.15) is 0 Å². The van der Waals surface area contributed by atoms with Crippen LogP contribution in [0.3, 0.4) is 0 Å². The molecule has 0 saturated heterocycles. The Bertz CT molecular complexity index is 911. The lowest BCUT2D eigenvalue weighted by molar-refractivity contribution is 0.107. The second-order valence-corrected chi connectivity index (χ2v) is 10.7. The molecule has 0 amide bonds. The summed E-state index contributed by atoms with van der Waals surface area (Å²) >= 11 is 0. The smallest absolute Gasteiger partial charge is 0.0411 e. The van der Waals surface area contributed by atoms with Crippen molar-refractivity contribution < 1.29 is 0 Å². The van der Waals surface area contributed by atoms with Gasteiger partial charge < -0.3 is 4.90 Å². The number of rotatable bonds is 11. The first-order chi connectivity index (χ1) is 16.3. The third kappa shape index (κ3) is 5.51. The van der Waals surface area contributed by atoms with Crippen LogP contribution in [0.4, 0.5) is 0 Å². The average molecular weight is 458 g/mol. The van der Waals surface area contributed by atoms with E-state index < -0.39 is 0 Å². The van der Waals surface area contributed by atoms with E-state index in [1.807, 2.05) is 0 Å². The highest BCUT2D eigenvalue weighted by Gasteiger charge is 2.54. The summed E-state index contributed by atoms with van der Waals surface area (Å²) in [4.78, 5) is 2.51. The van der Waals surface area contributed by atoms with Gasteiger partial charge in [-0.15, -0.1) is 0 Å². The van der Waals surface area contributed by atoms with Crippen LogP contribution >= 0.6 is 0 Å². The third-order valence-corrected chi connectivity index (χ3v) is 8.86. The van der Waals surface area contributed by atoms with E-state index in [-0.39, 0.29) is 5.41 Å². The van der Waals surface area contributed by atoms with Crippen LogP contribution in [0, 0.1) is 17.3 Å². The largest absolute Gasteiger partial charge is 0.375 e. The van der Waals surface area contributed by atoms with E-state index in [2.05, 4.69) is 94.4 Å². The normalized spacial score (nSPS) is 24.6. The molecular formula is C33H47N. The molecule has 0 aliphatic heterocycles. The maximum absolute atomic E-state index is 4.79. The summed E-state index contributed by atoms with van der Waals surface area (Å²) in [7, 11) is 2.28. The van der Waals surface area contributed by atoms with Crippen LogP contribution in [0.25, 0.3) is 0 Å². The molecule has 0 bridgehead atoms. The van der Waals surface area contributed by atoms with Gasteiger partial charge in [-0.05, 0) is 76.7 Å². The first kappa shape index (κ1) is 26.3. The van der Waals surface area contributed by atoms with E-state index in [0.717, 1.165) is 31.6 Å². The molecule has 34 heavy (non-hydrogen) atoms. The summed E-state index contributed by atoms with van der Waals surface area (Å²) < 4.78 is 0. The maximum atomic E-state index is 4.79. The van der Waals surface area contributed by atoms with Crippen molar-refractivity contribution in [1.29, 1.82) is 0 Å². The Hall–Kier alpha value is -2.28. The zero-order valence-corrected chi connectivity index (χ0v) is 22.3. The fourth-order valence-corrected chi connectivity index (χ4v) is 6.38. The average Bonchev–Trinajstić information content (AvgIpc) is 2.87. The quantitative estimate of drug-likeness (QED) is 0.236. The predicted octanol–water partition coefficient (Wildman–Crippen LogP) is 9.06. The van der Waals surface area contributed by atoms with E-state index in [4.69, 9.17) is 6.58 Å². The maximum Gasteiger partial charge on any atom is 0.0411 e. The number of aryl methyl sites for hydroxylation is 1. The second kappa shape index (κ2) is 11.9. The van der Waals surface area contributed by atoms with E-state index in [1.54, 1.807) is 0 Å². The van der Waals surface area contributed by atoms with E-state index in [0.29, 0.717) is 12.0 Å². The number of allylic oxidation sites excluding steroid dienone is 6. The van der Waals surface area contributed by atoms with Crippen LogP contribution in [0.15, 0.2) is 90.7 Å². The van der Waals surface area contributed by atoms with Gasteiger partial charge in [0, 0.05) is 24.2 Å². The molecule has 3 unspecified atom stereocenters. The van der Waals surface area contributed by atoms with Crippen molar-refractivity contribution in [2.75, 3.05) is 7.05 Å². The van der Waals surface area contributed by atoms with Crippen LogP contribution < -0.4 is 0 Å². The van der Waals surface area contributed by atoms with Gasteiger partial charge >= 0.3 is 0 Å². The van der Waals surface area contributed by atoms with Crippen molar-refractivity contribution in [3.8, 4) is 0 Å². The summed E-state index contributed by atoms with van der Waals surface area (Å²) in [5.41, 5.74) is 6.55. The molecule has 0 spiro atoms. The minimum atomic E-state index is -0.132. The van der Waals surface area contributed by atoms with E-state index >= 15 is 0 Å². The van der Waals surface area contributed by atoms with Crippen LogP contribution in [0.2, 0.25) is 0 Å². The SMILES string of the molecule is C=C(CCc1ccccc1)C1CC(=C)C1(CC(/C=C\C)=C/C)C(=C)N(C)C(C)C1CCCCC1. The van der Waals surface area contributed by atoms with Gasteiger partial charge in [-0.3, -0.25) is 0 Å². The first-order valence-electron chi connectivity index (χ1n) is 13.4. The lowest BCUT2D eigenvalue weighted by atomic mass is 9.50. The van der Waals surface area contributed by atoms with Crippen LogP contribution in [0.5, 0.6) is 0 Å². The highest BCUT2D eigenvalue weighted by molar-refractivity contribution is 5.44. The molecule has 184 valence electrons. The summed E-state index contributed by atoms with van der Waals surface area (Å²) in [6.07, 6.45) is 17.6. The predicted molar refractivity (Wildman–Crippen MR) is 150 cm³/mol. The Morgan fingerprint density at radius 3 is 2.38 bits per heavy atom. The third-order valence-electron chi connectivity index (χ3n) is 8.86. The number of hydrogen-bond donors (Lipinski definition) is 0. The van der Waals surface area contributed by atoms with E-state index in [9.17, 15) is 0 Å². The summed E-state index contributed by atoms with van der Waals surface area (Å²) in [5, 5.41) is 0. The molecule has 1 heteroatoms. The molecule has 1 aromatic rings. The molecule has 3 rings (SSSR count). The molecule has 2 saturated carbocycles. The van der Waals surface area contributed by atoms with Gasteiger partial charge in [0.25, 0.3) is 0 Å². The molecule has 1 nitrogen and oxygen atoms in total. The van der Waals surface area contributed by atoms with E-state index in [1.165, 1.54) is 60.1 Å². The van der Waals surface area contributed by atoms with Gasteiger partial charge in [0.05, 0.1) is 0 Å². The Kier molecular flexibility index (Phi) is 9.23. The van der Waals surface area contributed by atoms with Crippen molar-refractivity contribution in [2.24, 2.45) is 17.3 Å². The summed E-state index contributed by atoms with van der Waals surface area (Å²) in [6.45, 7) is 20.7. The lowest BCUT2D eigenvalue weighted by Crippen LogP contribution is -2.51. The molecule has 2 aliphatic rings. The summed E-state index contributed by atoms with van der Waals surface area (Å²) in [6, 6.07) is 11.3. The topological polar surface area (TPSA) is 3.24 Å². The van der Waals surface area contributed by atoms with Crippen LogP contribution in [-0.4, -0.2) is 18.0 Å². The monoisotopic (exact) mass is 457 g/mol. The molecule has 2 aliphatic carbocycles. The van der Waals surface area contributed by atoms with Crippen molar-refractivity contribution in [2.45, 2.75) is 84.6 Å². The van der Waals surface area contributed by atoms with Crippen molar-refractivity contribution in [3.63, 3.8) is 0 Å². The molecule has 0 N–H and O–H groups in total. The molecular weight excluding hydrogens is 410 g/mol. The summed E-state index contributed by atoms with van der Waals surface area (Å²) in [5.74, 6) is 1.16. The fraction of sp³-hybridized carbons (Fsp3) is 0.515. The Balaban J connectivity index is 1.86. The number of benzene rings is 1. The Morgan fingerprint density at radius 1 is 1.12 bits per heavy atom. The van der Waals surface area contributed by atoms with Gasteiger partial charge in [0.2, 0.25) is 0 Å². The highest BCUT2D eigenvalue weighted by Crippen LogP contribution is 2.62. The molecule has 0 heterocycles. The Labute approximate surface area is 210 Å².